The lowest BCUT2D eigenvalue weighted by Gasteiger charge is -2.24. The fraction of sp³-hybridized carbons (Fsp3) is 0.462. The van der Waals surface area contributed by atoms with Crippen molar-refractivity contribution in [3.63, 3.8) is 0 Å². The zero-order valence-electron chi connectivity index (χ0n) is 10.8. The first kappa shape index (κ1) is 13.5. The van der Waals surface area contributed by atoms with Gasteiger partial charge in [0, 0.05) is 12.8 Å². The average Bonchev–Trinajstić information content (AvgIpc) is 2.28. The van der Waals surface area contributed by atoms with Gasteiger partial charge in [-0.15, -0.1) is 0 Å². The molecule has 0 aliphatic carbocycles. The van der Waals surface area contributed by atoms with E-state index in [1.165, 1.54) is 7.11 Å². The predicted octanol–water partition coefficient (Wildman–Crippen LogP) is 1.87. The first-order valence-electron chi connectivity index (χ1n) is 5.58. The highest BCUT2D eigenvalue weighted by Crippen LogP contribution is 2.17. The van der Waals surface area contributed by atoms with Gasteiger partial charge in [-0.1, -0.05) is 12.1 Å². The van der Waals surface area contributed by atoms with Gasteiger partial charge in [0.05, 0.1) is 6.04 Å². The van der Waals surface area contributed by atoms with E-state index >= 15 is 0 Å². The summed E-state index contributed by atoms with van der Waals surface area (Å²) in [7, 11) is 1.52. The lowest BCUT2D eigenvalue weighted by molar-refractivity contribution is -0.140. The summed E-state index contributed by atoms with van der Waals surface area (Å²) in [5.41, 5.74) is 6.54. The zero-order valence-corrected chi connectivity index (χ0v) is 10.8. The number of methoxy groups -OCH3 is 1. The Bertz CT molecular complexity index is 402. The van der Waals surface area contributed by atoms with Gasteiger partial charge in [-0.05, 0) is 38.5 Å². The van der Waals surface area contributed by atoms with Crippen LogP contribution in [0.25, 0.3) is 0 Å². The number of hydrogen-bond donors (Lipinski definition) is 2. The number of nitrogens with one attached hydrogen (secondary N) is 1. The number of carbonyl (C=O) groups excluding carboxylic acids is 1. The molecule has 4 heteroatoms. The summed E-state index contributed by atoms with van der Waals surface area (Å²) < 4.78 is 5.12. The molecule has 1 rings (SSSR count). The number of ether oxygens (including phenoxy) is 1. The molecule has 1 aromatic rings. The molecule has 1 atom stereocenters. The maximum absolute atomic E-state index is 11.9. The smallest absolute Gasteiger partial charge is 0.252 e. The third-order valence-corrected chi connectivity index (χ3v) is 2.82. The van der Waals surface area contributed by atoms with Crippen LogP contribution in [0.2, 0.25) is 0 Å². The lowest BCUT2D eigenvalue weighted by Crippen LogP contribution is -2.44. The summed E-state index contributed by atoms with van der Waals surface area (Å²) in [4.78, 5) is 11.9. The van der Waals surface area contributed by atoms with Crippen molar-refractivity contribution in [2.45, 2.75) is 32.4 Å². The lowest BCUT2D eigenvalue weighted by atomic mass is 10.0. The molecule has 0 aliphatic rings. The molecule has 0 radical (unpaired) electrons. The molecule has 0 fully saturated rings. The van der Waals surface area contributed by atoms with E-state index in [1.54, 1.807) is 13.8 Å². The van der Waals surface area contributed by atoms with Gasteiger partial charge < -0.3 is 15.8 Å². The van der Waals surface area contributed by atoms with Gasteiger partial charge in [0.15, 0.2) is 0 Å². The second-order valence-corrected chi connectivity index (χ2v) is 4.58. The molecular formula is C13H20N2O2. The van der Waals surface area contributed by atoms with Crippen molar-refractivity contribution in [2.24, 2.45) is 0 Å². The molecule has 17 heavy (non-hydrogen) atoms. The van der Waals surface area contributed by atoms with Gasteiger partial charge in [0.2, 0.25) is 0 Å². The van der Waals surface area contributed by atoms with Gasteiger partial charge >= 0.3 is 0 Å². The van der Waals surface area contributed by atoms with Crippen LogP contribution in [-0.2, 0) is 9.53 Å². The molecule has 0 heterocycles. The fourth-order valence-electron chi connectivity index (χ4n) is 1.37. The number of nitrogen functional groups attached to an aromatic ring is 1. The molecule has 1 aromatic carbocycles. The maximum Gasteiger partial charge on any atom is 0.252 e. The Morgan fingerprint density at radius 1 is 1.47 bits per heavy atom. The van der Waals surface area contributed by atoms with Gasteiger partial charge in [-0.3, -0.25) is 4.79 Å². The van der Waals surface area contributed by atoms with E-state index in [1.807, 2.05) is 31.2 Å². The minimum absolute atomic E-state index is 0.0968. The third kappa shape index (κ3) is 3.46. The van der Waals surface area contributed by atoms with E-state index in [0.29, 0.717) is 5.69 Å². The molecule has 0 saturated carbocycles. The number of nitrogens with two attached hydrogens (primary N) is 1. The first-order chi connectivity index (χ1) is 7.86. The van der Waals surface area contributed by atoms with E-state index in [4.69, 9.17) is 10.5 Å². The highest BCUT2D eigenvalue weighted by atomic mass is 16.5. The van der Waals surface area contributed by atoms with Crippen LogP contribution in [0.15, 0.2) is 24.3 Å². The Morgan fingerprint density at radius 3 is 2.65 bits per heavy atom. The highest BCUT2D eigenvalue weighted by Gasteiger charge is 2.28. The van der Waals surface area contributed by atoms with Crippen molar-refractivity contribution in [2.75, 3.05) is 12.8 Å². The predicted molar refractivity (Wildman–Crippen MR) is 68.5 cm³/mol. The maximum atomic E-state index is 11.9. The van der Waals surface area contributed by atoms with Gasteiger partial charge in [0.1, 0.15) is 5.60 Å². The molecule has 0 aliphatic heterocycles. The molecule has 94 valence electrons. The van der Waals surface area contributed by atoms with Crippen molar-refractivity contribution in [3.8, 4) is 0 Å². The second-order valence-electron chi connectivity index (χ2n) is 4.58. The van der Waals surface area contributed by atoms with Crippen molar-refractivity contribution in [1.82, 2.24) is 5.32 Å². The van der Waals surface area contributed by atoms with E-state index < -0.39 is 5.60 Å². The van der Waals surface area contributed by atoms with E-state index in [0.717, 1.165) is 5.56 Å². The van der Waals surface area contributed by atoms with E-state index in [2.05, 4.69) is 5.32 Å². The molecule has 0 spiro atoms. The quantitative estimate of drug-likeness (QED) is 0.784. The van der Waals surface area contributed by atoms with Crippen molar-refractivity contribution >= 4 is 11.6 Å². The van der Waals surface area contributed by atoms with Crippen LogP contribution in [0.5, 0.6) is 0 Å². The summed E-state index contributed by atoms with van der Waals surface area (Å²) in [6, 6.07) is 7.37. The second kappa shape index (κ2) is 5.19. The normalized spacial score (nSPS) is 13.2. The Morgan fingerprint density at radius 2 is 2.12 bits per heavy atom. The summed E-state index contributed by atoms with van der Waals surface area (Å²) >= 11 is 0. The SMILES string of the molecule is COC(C)(C)C(=O)NC(C)c1cccc(N)c1. The Kier molecular flexibility index (Phi) is 4.12. The number of benzene rings is 1. The summed E-state index contributed by atoms with van der Waals surface area (Å²) in [6.07, 6.45) is 0. The average molecular weight is 236 g/mol. The number of hydrogen-bond acceptors (Lipinski definition) is 3. The monoisotopic (exact) mass is 236 g/mol. The Balaban J connectivity index is 2.73. The minimum Gasteiger partial charge on any atom is -0.399 e. The number of carbonyl (C=O) groups is 1. The molecule has 1 unspecified atom stereocenters. The Labute approximate surface area is 102 Å². The molecule has 0 bridgehead atoms. The highest BCUT2D eigenvalue weighted by molar-refractivity contribution is 5.84. The molecule has 1 amide bonds. The van der Waals surface area contributed by atoms with Gasteiger partial charge in [0.25, 0.3) is 5.91 Å². The minimum atomic E-state index is -0.825. The standard InChI is InChI=1S/C13H20N2O2/c1-9(10-6-5-7-11(14)8-10)15-12(16)13(2,3)17-4/h5-9H,14H2,1-4H3,(H,15,16). The molecule has 0 aromatic heterocycles. The van der Waals surface area contributed by atoms with Crippen LogP contribution in [0.4, 0.5) is 5.69 Å². The fourth-order valence-corrected chi connectivity index (χ4v) is 1.37. The molecule has 0 saturated heterocycles. The summed E-state index contributed by atoms with van der Waals surface area (Å²) in [5, 5.41) is 2.90. The number of rotatable bonds is 4. The van der Waals surface area contributed by atoms with Crippen LogP contribution in [0, 0.1) is 0 Å². The van der Waals surface area contributed by atoms with Crippen LogP contribution in [0.1, 0.15) is 32.4 Å². The molecule has 3 N–H and O–H groups in total. The van der Waals surface area contributed by atoms with Crippen molar-refractivity contribution in [3.05, 3.63) is 29.8 Å². The van der Waals surface area contributed by atoms with Crippen LogP contribution >= 0.6 is 0 Å². The first-order valence-corrected chi connectivity index (χ1v) is 5.58. The number of amides is 1. The summed E-state index contributed by atoms with van der Waals surface area (Å²) in [6.45, 7) is 5.38. The third-order valence-electron chi connectivity index (χ3n) is 2.82. The Hall–Kier alpha value is -1.55. The van der Waals surface area contributed by atoms with Gasteiger partial charge in [-0.25, -0.2) is 0 Å². The largest absolute Gasteiger partial charge is 0.399 e. The van der Waals surface area contributed by atoms with Crippen molar-refractivity contribution < 1.29 is 9.53 Å². The van der Waals surface area contributed by atoms with Gasteiger partial charge in [-0.2, -0.15) is 0 Å². The van der Waals surface area contributed by atoms with E-state index in [-0.39, 0.29) is 11.9 Å². The van der Waals surface area contributed by atoms with Crippen LogP contribution < -0.4 is 11.1 Å². The van der Waals surface area contributed by atoms with Crippen LogP contribution in [0.3, 0.4) is 0 Å². The van der Waals surface area contributed by atoms with E-state index in [9.17, 15) is 4.79 Å². The molecule has 4 nitrogen and oxygen atoms in total. The number of anilines is 1. The van der Waals surface area contributed by atoms with Crippen LogP contribution in [-0.4, -0.2) is 18.6 Å². The topological polar surface area (TPSA) is 64.3 Å². The van der Waals surface area contributed by atoms with Crippen molar-refractivity contribution in [1.29, 1.82) is 0 Å². The summed E-state index contributed by atoms with van der Waals surface area (Å²) in [5.74, 6) is -0.144. The molecular weight excluding hydrogens is 216 g/mol. The zero-order chi connectivity index (χ0) is 13.1.